The second-order valence-corrected chi connectivity index (χ2v) is 6.31. The molecule has 0 aliphatic carbocycles. The van der Waals surface area contributed by atoms with Crippen LogP contribution < -0.4 is 56.7 Å². The molecule has 6 heteroatoms. The van der Waals surface area contributed by atoms with Crippen molar-refractivity contribution in [2.45, 2.75) is 39.7 Å². The van der Waals surface area contributed by atoms with Crippen LogP contribution in [-0.4, -0.2) is 34.3 Å². The van der Waals surface area contributed by atoms with E-state index in [-0.39, 0.29) is 68.7 Å². The van der Waals surface area contributed by atoms with Crippen LogP contribution in [0.3, 0.4) is 0 Å². The second kappa shape index (κ2) is 7.72. The van der Waals surface area contributed by atoms with E-state index >= 15 is 0 Å². The molecule has 0 spiro atoms. The minimum absolute atomic E-state index is 0. The molecule has 0 aromatic carbocycles. The Bertz CT molecular complexity index is 292. The summed E-state index contributed by atoms with van der Waals surface area (Å²) in [7, 11) is 0. The molecule has 0 aromatic rings. The fourth-order valence-corrected chi connectivity index (χ4v) is 1.99. The van der Waals surface area contributed by atoms with E-state index in [9.17, 15) is 4.79 Å². The number of hydrogen-bond acceptors (Lipinski definition) is 3. The van der Waals surface area contributed by atoms with Crippen molar-refractivity contribution in [1.82, 2.24) is 10.2 Å². The van der Waals surface area contributed by atoms with Crippen LogP contribution >= 0.6 is 12.2 Å². The van der Waals surface area contributed by atoms with Crippen LogP contribution in [0.15, 0.2) is 0 Å². The van der Waals surface area contributed by atoms with E-state index in [4.69, 9.17) is 24.8 Å². The Morgan fingerprint density at radius 1 is 1.47 bits per heavy atom. The molecule has 1 rings (SSSR count). The topological polar surface area (TPSA) is 32.3 Å². The maximum absolute atomic E-state index is 11.8. The molecule has 0 radical (unpaired) electrons. The third-order valence-corrected chi connectivity index (χ3v) is 3.21. The van der Waals surface area contributed by atoms with Gasteiger partial charge in [0.2, 0.25) is 5.91 Å². The first-order chi connectivity index (χ1) is 7.30. The van der Waals surface area contributed by atoms with E-state index in [2.05, 4.69) is 5.32 Å². The van der Waals surface area contributed by atoms with Gasteiger partial charge < -0.3 is 35.1 Å². The summed E-state index contributed by atoms with van der Waals surface area (Å²) in [4.78, 5) is 13.8. The predicted molar refractivity (Wildman–Crippen MR) is 72.2 cm³/mol. The summed E-state index contributed by atoms with van der Waals surface area (Å²) in [6, 6.07) is 0.182. The van der Waals surface area contributed by atoms with Gasteiger partial charge in [-0.05, 0) is 12.8 Å². The average Bonchev–Trinajstić information content (AvgIpc) is 2.16. The molecule has 1 fully saturated rings. The van der Waals surface area contributed by atoms with Crippen molar-refractivity contribution < 1.29 is 56.2 Å². The molecule has 1 atom stereocenters. The molecule has 3 nitrogen and oxygen atoms in total. The summed E-state index contributed by atoms with van der Waals surface area (Å²) in [6.07, 6.45) is 2.04. The predicted octanol–water partition coefficient (Wildman–Crippen LogP) is -1.55. The number of likely N-dealkylation sites (tertiary alicyclic amines) is 1. The fourth-order valence-electron chi connectivity index (χ4n) is 1.66. The van der Waals surface area contributed by atoms with Gasteiger partial charge in [0.15, 0.2) is 0 Å². The second-order valence-electron chi connectivity index (χ2n) is 5.27. The molecule has 0 bridgehead atoms. The van der Waals surface area contributed by atoms with Crippen molar-refractivity contribution in [3.63, 3.8) is 0 Å². The first kappa shape index (κ1) is 18.2. The van der Waals surface area contributed by atoms with Crippen molar-refractivity contribution in [1.29, 1.82) is 0 Å². The normalized spacial score (nSPS) is 20.4. The summed E-state index contributed by atoms with van der Waals surface area (Å²) < 4.78 is 0.509. The van der Waals surface area contributed by atoms with Crippen LogP contribution in [0.25, 0.3) is 0 Å². The van der Waals surface area contributed by atoms with Gasteiger partial charge in [-0.1, -0.05) is 25.1 Å². The standard InChI is InChI=1S/C11H20N2OS2.K/c1-11(2,3)9(14)12-8-5-4-6-13(7-8)10(15)16;/h8H,4-7H2,1-3H3,(H,12,14)(H,15,16);/q;+1/p-1. The summed E-state index contributed by atoms with van der Waals surface area (Å²) in [5.41, 5.74) is -0.337. The molecule has 0 saturated carbocycles. The Morgan fingerprint density at radius 3 is 2.53 bits per heavy atom. The fraction of sp³-hybridized carbons (Fsp3) is 0.818. The van der Waals surface area contributed by atoms with Gasteiger partial charge in [0.25, 0.3) is 0 Å². The van der Waals surface area contributed by atoms with E-state index < -0.39 is 0 Å². The van der Waals surface area contributed by atoms with Gasteiger partial charge in [0.05, 0.1) is 0 Å². The molecule has 1 aliphatic heterocycles. The smallest absolute Gasteiger partial charge is 0.411 e. The van der Waals surface area contributed by atoms with Crippen LogP contribution in [0.2, 0.25) is 0 Å². The average molecular weight is 299 g/mol. The molecule has 1 N–H and O–H groups in total. The Labute approximate surface area is 157 Å². The van der Waals surface area contributed by atoms with Gasteiger partial charge in [-0.2, -0.15) is 0 Å². The Hall–Kier alpha value is 1.22. The van der Waals surface area contributed by atoms with Crippen molar-refractivity contribution in [2.75, 3.05) is 13.1 Å². The molecule has 92 valence electrons. The quantitative estimate of drug-likeness (QED) is 0.361. The van der Waals surface area contributed by atoms with Gasteiger partial charge in [-0.15, -0.1) is 0 Å². The third kappa shape index (κ3) is 6.27. The van der Waals surface area contributed by atoms with Gasteiger partial charge in [-0.3, -0.25) is 4.79 Å². The van der Waals surface area contributed by atoms with Crippen LogP contribution in [-0.2, 0) is 17.4 Å². The zero-order valence-corrected chi connectivity index (χ0v) is 15.8. The molecule has 17 heavy (non-hydrogen) atoms. The van der Waals surface area contributed by atoms with Gasteiger partial charge in [-0.25, -0.2) is 0 Å². The number of nitrogens with one attached hydrogen (secondary N) is 1. The number of hydrogen-bond donors (Lipinski definition) is 1. The van der Waals surface area contributed by atoms with Crippen LogP contribution in [0, 0.1) is 5.41 Å². The maximum atomic E-state index is 11.8. The number of thiocarbonyl (C=S) groups is 1. The molecule has 1 aliphatic rings. The number of amides is 1. The zero-order valence-electron chi connectivity index (χ0n) is 11.1. The molecule has 0 aromatic heterocycles. The summed E-state index contributed by atoms with van der Waals surface area (Å²) >= 11 is 9.97. The largest absolute Gasteiger partial charge is 1.00 e. The van der Waals surface area contributed by atoms with Crippen molar-refractivity contribution in [3.8, 4) is 0 Å². The zero-order chi connectivity index (χ0) is 12.3. The molecular formula is C11H19KN2OS2. The SMILES string of the molecule is CC(C)(C)C(=O)NC1CCCN(C(=S)[S-])C1.[K+]. The summed E-state index contributed by atoms with van der Waals surface area (Å²) in [5, 5.41) is 3.06. The van der Waals surface area contributed by atoms with Crippen LogP contribution in [0.4, 0.5) is 0 Å². The first-order valence-electron chi connectivity index (χ1n) is 5.57. The molecular weight excluding hydrogens is 279 g/mol. The summed E-state index contributed by atoms with van der Waals surface area (Å²) in [5.74, 6) is 0.0923. The van der Waals surface area contributed by atoms with E-state index in [1.807, 2.05) is 25.7 Å². The Kier molecular flexibility index (Phi) is 8.27. The number of nitrogens with zero attached hydrogens (tertiary/aromatic N) is 1. The van der Waals surface area contributed by atoms with Crippen LogP contribution in [0.1, 0.15) is 33.6 Å². The Morgan fingerprint density at radius 2 is 2.06 bits per heavy atom. The van der Waals surface area contributed by atoms with E-state index in [1.165, 1.54) is 0 Å². The maximum Gasteiger partial charge on any atom is 1.00 e. The minimum atomic E-state index is -0.337. The molecule has 1 amide bonds. The number of rotatable bonds is 1. The number of piperidine rings is 1. The Balaban J connectivity index is 0.00000256. The molecule has 1 unspecified atom stereocenters. The van der Waals surface area contributed by atoms with Crippen molar-refractivity contribution >= 4 is 35.1 Å². The molecule has 1 saturated heterocycles. The minimum Gasteiger partial charge on any atom is -0.411 e. The third-order valence-electron chi connectivity index (χ3n) is 2.70. The summed E-state index contributed by atoms with van der Waals surface area (Å²) in [6.45, 7) is 7.43. The van der Waals surface area contributed by atoms with Crippen LogP contribution in [0.5, 0.6) is 0 Å². The number of carbonyl (C=O) groups excluding carboxylic acids is 1. The van der Waals surface area contributed by atoms with Gasteiger partial charge in [0, 0.05) is 24.5 Å². The van der Waals surface area contributed by atoms with Gasteiger partial charge >= 0.3 is 51.4 Å². The van der Waals surface area contributed by atoms with E-state index in [0.717, 1.165) is 25.9 Å². The van der Waals surface area contributed by atoms with Crippen molar-refractivity contribution in [3.05, 3.63) is 0 Å². The number of carbonyl (C=O) groups is 1. The monoisotopic (exact) mass is 298 g/mol. The first-order valence-corrected chi connectivity index (χ1v) is 6.39. The van der Waals surface area contributed by atoms with E-state index in [0.29, 0.717) is 4.32 Å². The van der Waals surface area contributed by atoms with Crippen molar-refractivity contribution in [2.24, 2.45) is 5.41 Å². The van der Waals surface area contributed by atoms with E-state index in [1.54, 1.807) is 0 Å². The molecule has 1 heterocycles. The van der Waals surface area contributed by atoms with Gasteiger partial charge in [0.1, 0.15) is 0 Å².